The molecule has 108 valence electrons. The summed E-state index contributed by atoms with van der Waals surface area (Å²) in [7, 11) is 0. The fourth-order valence-corrected chi connectivity index (χ4v) is 2.48. The first-order chi connectivity index (χ1) is 10.0. The van der Waals surface area contributed by atoms with Crippen molar-refractivity contribution in [1.29, 1.82) is 0 Å². The number of fused-ring (bicyclic) bond motifs is 1. The number of aromatic nitrogens is 2. The normalized spacial score (nSPS) is 9.95. The van der Waals surface area contributed by atoms with Gasteiger partial charge in [-0.25, -0.2) is 14.6 Å². The van der Waals surface area contributed by atoms with Crippen LogP contribution in [0.1, 0.15) is 5.69 Å². The molecule has 0 bridgehead atoms. The van der Waals surface area contributed by atoms with Crippen LogP contribution in [0, 0.1) is 6.92 Å². The number of nitrogens with zero attached hydrogens (tertiary/aromatic N) is 2. The number of carboxylic acid groups (broad SMARTS) is 2. The number of pyridine rings is 1. The van der Waals surface area contributed by atoms with Crippen molar-refractivity contribution in [1.82, 2.24) is 9.38 Å². The number of imidazole rings is 1. The summed E-state index contributed by atoms with van der Waals surface area (Å²) in [6.07, 6.45) is 2.06. The third kappa shape index (κ3) is 3.26. The van der Waals surface area contributed by atoms with Crippen LogP contribution in [-0.2, 0) is 9.59 Å². The van der Waals surface area contributed by atoms with Gasteiger partial charge in [0.15, 0.2) is 5.82 Å². The Morgan fingerprint density at radius 2 is 1.86 bits per heavy atom. The van der Waals surface area contributed by atoms with E-state index >= 15 is 0 Å². The number of rotatable bonds is 1. The van der Waals surface area contributed by atoms with Crippen LogP contribution >= 0.6 is 11.3 Å². The number of hydrogen-bond donors (Lipinski definition) is 2. The van der Waals surface area contributed by atoms with Gasteiger partial charge in [-0.3, -0.25) is 4.40 Å². The molecule has 0 radical (unpaired) electrons. The highest BCUT2D eigenvalue weighted by molar-refractivity contribution is 7.13. The molecule has 6 nitrogen and oxygen atoms in total. The zero-order valence-corrected chi connectivity index (χ0v) is 11.9. The number of carbonyl (C=O) groups is 2. The Kier molecular flexibility index (Phi) is 4.34. The number of hydrogen-bond acceptors (Lipinski definition) is 4. The molecule has 3 aromatic rings. The lowest BCUT2D eigenvalue weighted by Gasteiger charge is -1.96. The Balaban J connectivity index is 0.000000232. The maximum absolute atomic E-state index is 9.10. The predicted octanol–water partition coefficient (Wildman–Crippen LogP) is 2.53. The van der Waals surface area contributed by atoms with Crippen molar-refractivity contribution in [3.05, 3.63) is 47.6 Å². The smallest absolute Gasteiger partial charge is 0.414 e. The molecule has 3 aromatic heterocycles. The quantitative estimate of drug-likeness (QED) is 0.674. The summed E-state index contributed by atoms with van der Waals surface area (Å²) < 4.78 is 2.14. The summed E-state index contributed by atoms with van der Waals surface area (Å²) in [5.74, 6) is -2.61. The molecule has 0 fully saturated rings. The summed E-state index contributed by atoms with van der Waals surface area (Å²) >= 11 is 1.72. The van der Waals surface area contributed by atoms with Crippen LogP contribution in [0.3, 0.4) is 0 Å². The van der Waals surface area contributed by atoms with Crippen LogP contribution in [0.4, 0.5) is 0 Å². The maximum atomic E-state index is 9.10. The second-order valence-electron chi connectivity index (χ2n) is 4.06. The zero-order valence-electron chi connectivity index (χ0n) is 11.1. The molecule has 21 heavy (non-hydrogen) atoms. The molecular weight excluding hydrogens is 292 g/mol. The molecule has 0 saturated carbocycles. The number of carboxylic acids is 2. The molecule has 0 aliphatic heterocycles. The van der Waals surface area contributed by atoms with E-state index in [9.17, 15) is 0 Å². The lowest BCUT2D eigenvalue weighted by Crippen LogP contribution is -2.09. The molecule has 0 spiro atoms. The van der Waals surface area contributed by atoms with E-state index in [-0.39, 0.29) is 0 Å². The van der Waals surface area contributed by atoms with E-state index in [0.29, 0.717) is 0 Å². The number of aliphatic carboxylic acids is 2. The Morgan fingerprint density at radius 3 is 2.43 bits per heavy atom. The van der Waals surface area contributed by atoms with Crippen molar-refractivity contribution >= 4 is 28.8 Å². The van der Waals surface area contributed by atoms with E-state index in [2.05, 4.69) is 39.2 Å². The average molecular weight is 304 g/mol. The molecule has 3 heterocycles. The molecular formula is C14H12N2O4S. The second kappa shape index (κ2) is 6.19. The van der Waals surface area contributed by atoms with Crippen LogP contribution in [-0.4, -0.2) is 31.5 Å². The van der Waals surface area contributed by atoms with Gasteiger partial charge in [0.05, 0.1) is 16.1 Å². The molecule has 0 aromatic carbocycles. The minimum absolute atomic E-state index is 1.04. The highest BCUT2D eigenvalue weighted by Crippen LogP contribution is 2.25. The summed E-state index contributed by atoms with van der Waals surface area (Å²) in [6, 6.07) is 10.3. The van der Waals surface area contributed by atoms with Gasteiger partial charge in [-0.1, -0.05) is 12.1 Å². The monoisotopic (exact) mass is 304 g/mol. The minimum atomic E-state index is -1.82. The summed E-state index contributed by atoms with van der Waals surface area (Å²) in [5.41, 5.74) is 2.26. The van der Waals surface area contributed by atoms with Gasteiger partial charge in [-0.15, -0.1) is 11.3 Å². The summed E-state index contributed by atoms with van der Waals surface area (Å²) in [4.78, 5) is 24.0. The predicted molar refractivity (Wildman–Crippen MR) is 78.5 cm³/mol. The van der Waals surface area contributed by atoms with Crippen LogP contribution in [0.25, 0.3) is 16.2 Å². The largest absolute Gasteiger partial charge is 0.473 e. The van der Waals surface area contributed by atoms with Crippen molar-refractivity contribution in [2.24, 2.45) is 0 Å². The van der Waals surface area contributed by atoms with Crippen molar-refractivity contribution in [2.45, 2.75) is 6.92 Å². The first-order valence-electron chi connectivity index (χ1n) is 5.94. The minimum Gasteiger partial charge on any atom is -0.473 e. The van der Waals surface area contributed by atoms with Gasteiger partial charge in [0.25, 0.3) is 0 Å². The number of aryl methyl sites for hydroxylation is 1. The second-order valence-corrected chi connectivity index (χ2v) is 5.01. The number of thiophene rings is 1. The fourth-order valence-electron chi connectivity index (χ4n) is 1.77. The summed E-state index contributed by atoms with van der Waals surface area (Å²) in [6.45, 7) is 2.05. The SMILES string of the molecule is Cc1nc(-c2cccs2)n2ccccc12.O=C(O)C(=O)O. The molecule has 3 rings (SSSR count). The van der Waals surface area contributed by atoms with Gasteiger partial charge in [-0.05, 0) is 30.5 Å². The van der Waals surface area contributed by atoms with E-state index in [4.69, 9.17) is 19.8 Å². The van der Waals surface area contributed by atoms with Gasteiger partial charge in [-0.2, -0.15) is 0 Å². The molecule has 2 N–H and O–H groups in total. The molecule has 0 aliphatic rings. The Labute approximate surface area is 123 Å². The van der Waals surface area contributed by atoms with Crippen molar-refractivity contribution in [2.75, 3.05) is 0 Å². The average Bonchev–Trinajstić information content (AvgIpc) is 3.08. The van der Waals surface area contributed by atoms with Crippen molar-refractivity contribution in [3.63, 3.8) is 0 Å². The van der Waals surface area contributed by atoms with E-state index in [1.165, 1.54) is 10.4 Å². The Bertz CT molecular complexity index is 765. The molecule has 0 atom stereocenters. The van der Waals surface area contributed by atoms with Crippen LogP contribution in [0.2, 0.25) is 0 Å². The lowest BCUT2D eigenvalue weighted by atomic mass is 10.3. The molecule has 0 amide bonds. The van der Waals surface area contributed by atoms with Crippen LogP contribution < -0.4 is 0 Å². The van der Waals surface area contributed by atoms with Crippen LogP contribution in [0.5, 0.6) is 0 Å². The first kappa shape index (κ1) is 14.7. The topological polar surface area (TPSA) is 91.9 Å². The fraction of sp³-hybridized carbons (Fsp3) is 0.0714. The van der Waals surface area contributed by atoms with Gasteiger partial charge < -0.3 is 10.2 Å². The van der Waals surface area contributed by atoms with E-state index in [1.54, 1.807) is 11.3 Å². The lowest BCUT2D eigenvalue weighted by molar-refractivity contribution is -0.159. The molecule has 0 saturated heterocycles. The molecule has 7 heteroatoms. The van der Waals surface area contributed by atoms with Gasteiger partial charge in [0.1, 0.15) is 0 Å². The van der Waals surface area contributed by atoms with Crippen molar-refractivity contribution in [3.8, 4) is 10.7 Å². The highest BCUT2D eigenvalue weighted by atomic mass is 32.1. The highest BCUT2D eigenvalue weighted by Gasteiger charge is 2.09. The van der Waals surface area contributed by atoms with Gasteiger partial charge in [0, 0.05) is 6.20 Å². The first-order valence-corrected chi connectivity index (χ1v) is 6.82. The Hall–Kier alpha value is -2.67. The molecule has 0 aliphatic carbocycles. The van der Waals surface area contributed by atoms with E-state index in [1.807, 2.05) is 19.1 Å². The van der Waals surface area contributed by atoms with Crippen molar-refractivity contribution < 1.29 is 19.8 Å². The van der Waals surface area contributed by atoms with E-state index < -0.39 is 11.9 Å². The van der Waals surface area contributed by atoms with Crippen LogP contribution in [0.15, 0.2) is 41.9 Å². The van der Waals surface area contributed by atoms with E-state index in [0.717, 1.165) is 11.5 Å². The maximum Gasteiger partial charge on any atom is 0.414 e. The zero-order chi connectivity index (χ0) is 15.4. The van der Waals surface area contributed by atoms with Gasteiger partial charge in [0.2, 0.25) is 0 Å². The standard InChI is InChI=1S/C12H10N2S.C2H2O4/c1-9-10-5-2-3-7-14(10)12(13-9)11-6-4-8-15-11;3-1(4)2(5)6/h2-8H,1H3;(H,3,4)(H,5,6). The molecule has 0 unspecified atom stereocenters. The third-order valence-corrected chi connectivity index (χ3v) is 3.52. The summed E-state index contributed by atoms with van der Waals surface area (Å²) in [5, 5.41) is 16.9. The third-order valence-electron chi connectivity index (χ3n) is 2.66. The van der Waals surface area contributed by atoms with Gasteiger partial charge >= 0.3 is 11.9 Å². The Morgan fingerprint density at radius 1 is 1.14 bits per heavy atom.